The normalized spacial score (nSPS) is 17.2. The minimum Gasteiger partial charge on any atom is -0.481 e. The largest absolute Gasteiger partial charge is 0.481 e. The van der Waals surface area contributed by atoms with E-state index in [4.69, 9.17) is 9.52 Å². The smallest absolute Gasteiger partial charge is 0.305 e. The van der Waals surface area contributed by atoms with Gasteiger partial charge in [-0.1, -0.05) is 0 Å². The molecule has 1 heterocycles. The molecule has 2 rings (SSSR count). The molecular formula is C11H12BrNO4. The quantitative estimate of drug-likeness (QED) is 0.893. The van der Waals surface area contributed by atoms with Crippen LogP contribution in [0.1, 0.15) is 36.0 Å². The first-order valence-electron chi connectivity index (χ1n) is 5.30. The fraction of sp³-hybridized carbons (Fsp3) is 0.455. The second kappa shape index (κ2) is 4.52. The number of carboxylic acids is 1. The summed E-state index contributed by atoms with van der Waals surface area (Å²) in [5.74, 6) is -1.19. The molecule has 0 aliphatic heterocycles. The molecule has 1 amide bonds. The third-order valence-corrected chi connectivity index (χ3v) is 3.66. The highest BCUT2D eigenvalue weighted by Crippen LogP contribution is 2.35. The van der Waals surface area contributed by atoms with Crippen molar-refractivity contribution >= 4 is 27.8 Å². The fourth-order valence-corrected chi connectivity index (χ4v) is 2.42. The van der Waals surface area contributed by atoms with Crippen molar-refractivity contribution in [2.45, 2.75) is 31.2 Å². The number of carboxylic acid groups (broad SMARTS) is 1. The Labute approximate surface area is 106 Å². The molecule has 2 N–H and O–H groups in total. The highest BCUT2D eigenvalue weighted by molar-refractivity contribution is 9.10. The van der Waals surface area contributed by atoms with E-state index in [2.05, 4.69) is 21.2 Å². The maximum Gasteiger partial charge on any atom is 0.305 e. The van der Waals surface area contributed by atoms with Gasteiger partial charge < -0.3 is 14.8 Å². The topological polar surface area (TPSA) is 79.5 Å². The van der Waals surface area contributed by atoms with Gasteiger partial charge in [0, 0.05) is 0 Å². The molecule has 0 aromatic carbocycles. The molecule has 6 heteroatoms. The van der Waals surface area contributed by atoms with Crippen LogP contribution in [0.4, 0.5) is 0 Å². The second-order valence-electron chi connectivity index (χ2n) is 4.27. The molecule has 1 aliphatic rings. The van der Waals surface area contributed by atoms with Crippen LogP contribution < -0.4 is 5.32 Å². The maximum atomic E-state index is 11.9. The van der Waals surface area contributed by atoms with Crippen LogP contribution >= 0.6 is 15.9 Å². The first kappa shape index (κ1) is 12.2. The molecule has 1 fully saturated rings. The first-order chi connectivity index (χ1) is 8.02. The molecule has 0 unspecified atom stereocenters. The van der Waals surface area contributed by atoms with Crippen LogP contribution in [0.5, 0.6) is 0 Å². The number of hydrogen-bond acceptors (Lipinski definition) is 3. The number of rotatable bonds is 4. The summed E-state index contributed by atoms with van der Waals surface area (Å²) >= 11 is 3.12. The summed E-state index contributed by atoms with van der Waals surface area (Å²) in [5.41, 5.74) is -0.193. The molecule has 1 saturated carbocycles. The number of halogens is 1. The van der Waals surface area contributed by atoms with E-state index >= 15 is 0 Å². The molecule has 0 spiro atoms. The summed E-state index contributed by atoms with van der Waals surface area (Å²) in [5, 5.41) is 11.6. The zero-order chi connectivity index (χ0) is 12.5. The van der Waals surface area contributed by atoms with Crippen LogP contribution in [0.15, 0.2) is 21.4 Å². The van der Waals surface area contributed by atoms with Gasteiger partial charge in [-0.05, 0) is 41.3 Å². The first-order valence-corrected chi connectivity index (χ1v) is 6.09. The van der Waals surface area contributed by atoms with Crippen LogP contribution in [-0.2, 0) is 4.79 Å². The Hall–Kier alpha value is -1.30. The monoisotopic (exact) mass is 301 g/mol. The van der Waals surface area contributed by atoms with E-state index in [0.29, 0.717) is 23.1 Å². The van der Waals surface area contributed by atoms with Crippen LogP contribution in [-0.4, -0.2) is 22.5 Å². The van der Waals surface area contributed by atoms with E-state index in [1.807, 2.05) is 0 Å². The van der Waals surface area contributed by atoms with Gasteiger partial charge in [0.2, 0.25) is 0 Å². The van der Waals surface area contributed by atoms with Crippen molar-refractivity contribution in [3.63, 3.8) is 0 Å². The summed E-state index contributed by atoms with van der Waals surface area (Å²) in [6.45, 7) is 0. The van der Waals surface area contributed by atoms with Gasteiger partial charge in [-0.25, -0.2) is 0 Å². The van der Waals surface area contributed by atoms with Gasteiger partial charge in [-0.15, -0.1) is 0 Å². The predicted molar refractivity (Wildman–Crippen MR) is 62.7 cm³/mol. The number of hydrogen-bond donors (Lipinski definition) is 2. The lowest BCUT2D eigenvalue weighted by Crippen LogP contribution is -2.54. The molecule has 92 valence electrons. The second-order valence-corrected chi connectivity index (χ2v) is 4.99. The summed E-state index contributed by atoms with van der Waals surface area (Å²) < 4.78 is 5.33. The summed E-state index contributed by atoms with van der Waals surface area (Å²) in [4.78, 5) is 22.7. The summed E-state index contributed by atoms with van der Waals surface area (Å²) in [6.07, 6.45) is 3.74. The summed E-state index contributed by atoms with van der Waals surface area (Å²) in [6, 6.07) is 1.55. The molecule has 0 saturated heterocycles. The standard InChI is InChI=1S/C11H12BrNO4/c12-9-7(2-5-17-9)10(16)13-11(3-1-4-11)6-8(14)15/h2,5H,1,3-4,6H2,(H,13,16)(H,14,15). The number of furan rings is 1. The van der Waals surface area contributed by atoms with Crippen LogP contribution in [0.2, 0.25) is 0 Å². The van der Waals surface area contributed by atoms with Crippen molar-refractivity contribution in [3.8, 4) is 0 Å². The minimum absolute atomic E-state index is 0.0335. The minimum atomic E-state index is -0.892. The number of amides is 1. The highest BCUT2D eigenvalue weighted by Gasteiger charge is 2.40. The zero-order valence-electron chi connectivity index (χ0n) is 9.03. The molecular weight excluding hydrogens is 290 g/mol. The van der Waals surface area contributed by atoms with Gasteiger partial charge in [0.05, 0.1) is 23.8 Å². The summed E-state index contributed by atoms with van der Waals surface area (Å²) in [7, 11) is 0. The van der Waals surface area contributed by atoms with Crippen molar-refractivity contribution in [1.82, 2.24) is 5.32 Å². The van der Waals surface area contributed by atoms with Gasteiger partial charge in [0.1, 0.15) is 0 Å². The molecule has 1 aromatic rings. The number of carbonyl (C=O) groups is 2. The Balaban J connectivity index is 2.07. The predicted octanol–water partition coefficient (Wildman–Crippen LogP) is 2.17. The van der Waals surface area contributed by atoms with Crippen molar-refractivity contribution in [2.24, 2.45) is 0 Å². The number of aliphatic carboxylic acids is 1. The van der Waals surface area contributed by atoms with Crippen LogP contribution in [0.3, 0.4) is 0 Å². The SMILES string of the molecule is O=C(O)CC1(NC(=O)c2ccoc2Br)CCC1. The number of carbonyl (C=O) groups excluding carboxylic acids is 1. The van der Waals surface area contributed by atoms with E-state index < -0.39 is 11.5 Å². The Morgan fingerprint density at radius 3 is 2.65 bits per heavy atom. The van der Waals surface area contributed by atoms with Crippen LogP contribution in [0, 0.1) is 0 Å². The van der Waals surface area contributed by atoms with Gasteiger partial charge >= 0.3 is 5.97 Å². The van der Waals surface area contributed by atoms with E-state index in [0.717, 1.165) is 6.42 Å². The fourth-order valence-electron chi connectivity index (χ4n) is 2.00. The molecule has 5 nitrogen and oxygen atoms in total. The average molecular weight is 302 g/mol. The van der Waals surface area contributed by atoms with Gasteiger partial charge in [-0.3, -0.25) is 9.59 Å². The average Bonchev–Trinajstić information content (AvgIpc) is 2.60. The Morgan fingerprint density at radius 2 is 2.24 bits per heavy atom. The van der Waals surface area contributed by atoms with Crippen LogP contribution in [0.25, 0.3) is 0 Å². The molecule has 1 aliphatic carbocycles. The van der Waals surface area contributed by atoms with Crippen molar-refractivity contribution in [3.05, 3.63) is 22.6 Å². The lowest BCUT2D eigenvalue weighted by Gasteiger charge is -2.41. The number of nitrogens with one attached hydrogen (secondary N) is 1. The Morgan fingerprint density at radius 1 is 1.53 bits per heavy atom. The van der Waals surface area contributed by atoms with E-state index in [1.165, 1.54) is 6.26 Å². The maximum absolute atomic E-state index is 11.9. The third kappa shape index (κ3) is 2.52. The van der Waals surface area contributed by atoms with Crippen molar-refractivity contribution < 1.29 is 19.1 Å². The van der Waals surface area contributed by atoms with Gasteiger partial charge in [-0.2, -0.15) is 0 Å². The molecule has 17 heavy (non-hydrogen) atoms. The lowest BCUT2D eigenvalue weighted by molar-refractivity contribution is -0.139. The van der Waals surface area contributed by atoms with E-state index in [-0.39, 0.29) is 12.3 Å². The van der Waals surface area contributed by atoms with Crippen molar-refractivity contribution in [1.29, 1.82) is 0 Å². The molecule has 1 aromatic heterocycles. The molecule has 0 radical (unpaired) electrons. The van der Waals surface area contributed by atoms with Gasteiger partial charge in [0.25, 0.3) is 5.91 Å². The van der Waals surface area contributed by atoms with Crippen molar-refractivity contribution in [2.75, 3.05) is 0 Å². The van der Waals surface area contributed by atoms with Gasteiger partial charge in [0.15, 0.2) is 4.67 Å². The Kier molecular flexibility index (Phi) is 3.24. The third-order valence-electron chi connectivity index (χ3n) is 3.04. The highest BCUT2D eigenvalue weighted by atomic mass is 79.9. The Bertz CT molecular complexity index is 450. The lowest BCUT2D eigenvalue weighted by atomic mass is 9.74. The molecule has 0 atom stereocenters. The molecule has 0 bridgehead atoms. The van der Waals surface area contributed by atoms with E-state index in [1.54, 1.807) is 6.07 Å². The van der Waals surface area contributed by atoms with E-state index in [9.17, 15) is 9.59 Å². The zero-order valence-corrected chi connectivity index (χ0v) is 10.6.